The molecule has 69 heavy (non-hydrogen) atoms. The van der Waals surface area contributed by atoms with E-state index in [0.717, 1.165) is 53.5 Å². The van der Waals surface area contributed by atoms with Gasteiger partial charge >= 0.3 is 30.1 Å². The fraction of sp³-hybridized carbons (Fsp3) is 0.333. The standard InChI is InChI=1S/C54H57F3O12/c1-35(2)52(61)66-28-12-8-7-11-27-65-48-23-15-39(31-49(48)63-5)17-25-51(60)69-42-19-21-44-43-20-18-41(32-45(43)36(3)46(44)33-42)68-50(59)24-16-38-14-22-47(40(30-38)34-58)64-26-10-6-9-13-29-67-53(62)37(4)54(55,56)57/h14-25,30-33,36,58H,1,4,6-13,26-29,34H2,2-3,5H3. The van der Waals surface area contributed by atoms with Crippen molar-refractivity contribution in [3.8, 4) is 39.9 Å². The summed E-state index contributed by atoms with van der Waals surface area (Å²) in [5, 5.41) is 9.95. The SMILES string of the molecule is C=C(C)C(=O)OCCCCCCOc1ccc(C=CC(=O)Oc2ccc3c(c2)C(C)c2cc(OC(=O)C=Cc4ccc(OCCCCCCOC(=O)C(=C)C(F)(F)F)c(CO)c4)ccc2-3)cc1OC. The van der Waals surface area contributed by atoms with Gasteiger partial charge in [-0.25, -0.2) is 19.2 Å². The molecule has 0 heterocycles. The van der Waals surface area contributed by atoms with Crippen molar-refractivity contribution in [3.63, 3.8) is 0 Å². The van der Waals surface area contributed by atoms with Crippen molar-refractivity contribution >= 4 is 36.0 Å². The minimum absolute atomic E-state index is 0.0881. The molecule has 0 radical (unpaired) electrons. The van der Waals surface area contributed by atoms with E-state index >= 15 is 0 Å². The van der Waals surface area contributed by atoms with Crippen LogP contribution < -0.4 is 23.7 Å². The molecule has 0 spiro atoms. The monoisotopic (exact) mass is 954 g/mol. The summed E-state index contributed by atoms with van der Waals surface area (Å²) in [6.07, 6.45) is 6.72. The number of ether oxygens (including phenoxy) is 7. The summed E-state index contributed by atoms with van der Waals surface area (Å²) in [6.45, 7) is 10.7. The van der Waals surface area contributed by atoms with E-state index in [0.29, 0.717) is 91.0 Å². The molecule has 1 unspecified atom stereocenters. The summed E-state index contributed by atoms with van der Waals surface area (Å²) in [4.78, 5) is 48.6. The van der Waals surface area contributed by atoms with E-state index < -0.39 is 29.7 Å². The molecular weight excluding hydrogens is 898 g/mol. The van der Waals surface area contributed by atoms with Crippen molar-refractivity contribution in [3.05, 3.63) is 137 Å². The lowest BCUT2D eigenvalue weighted by atomic mass is 9.99. The summed E-state index contributed by atoms with van der Waals surface area (Å²) in [7, 11) is 1.55. The van der Waals surface area contributed by atoms with Crippen LogP contribution in [0.1, 0.15) is 98.9 Å². The quantitative estimate of drug-likeness (QED) is 0.0276. The highest BCUT2D eigenvalue weighted by molar-refractivity contribution is 5.91. The largest absolute Gasteiger partial charge is 0.493 e. The molecule has 1 aliphatic rings. The molecule has 12 nitrogen and oxygen atoms in total. The average Bonchev–Trinajstić information content (AvgIpc) is 3.60. The van der Waals surface area contributed by atoms with Gasteiger partial charge in [-0.15, -0.1) is 0 Å². The van der Waals surface area contributed by atoms with Gasteiger partial charge in [0.25, 0.3) is 0 Å². The molecule has 0 amide bonds. The Morgan fingerprint density at radius 2 is 1.10 bits per heavy atom. The summed E-state index contributed by atoms with van der Waals surface area (Å²) in [5.41, 5.74) is 4.57. The van der Waals surface area contributed by atoms with Gasteiger partial charge in [-0.3, -0.25) is 0 Å². The molecule has 366 valence electrons. The van der Waals surface area contributed by atoms with Crippen LogP contribution in [-0.4, -0.2) is 68.7 Å². The number of alkyl halides is 3. The van der Waals surface area contributed by atoms with Gasteiger partial charge in [-0.1, -0.05) is 44.3 Å². The molecule has 1 atom stereocenters. The zero-order valence-electron chi connectivity index (χ0n) is 39.0. The number of hydrogen-bond donors (Lipinski definition) is 1. The first-order chi connectivity index (χ1) is 33.1. The van der Waals surface area contributed by atoms with Crippen LogP contribution in [-0.2, 0) is 35.3 Å². The molecule has 4 aromatic rings. The molecule has 0 saturated heterocycles. The smallest absolute Gasteiger partial charge is 0.422 e. The van der Waals surface area contributed by atoms with Gasteiger partial charge in [-0.2, -0.15) is 13.2 Å². The highest BCUT2D eigenvalue weighted by atomic mass is 19.4. The maximum atomic E-state index is 12.9. The van der Waals surface area contributed by atoms with Crippen LogP contribution in [0.4, 0.5) is 13.2 Å². The third kappa shape index (κ3) is 16.0. The number of unbranched alkanes of at least 4 members (excludes halogenated alkanes) is 6. The number of halogens is 3. The van der Waals surface area contributed by atoms with Gasteiger partial charge in [-0.05, 0) is 152 Å². The van der Waals surface area contributed by atoms with Gasteiger partial charge in [0.2, 0.25) is 0 Å². The van der Waals surface area contributed by atoms with Crippen LogP contribution >= 0.6 is 0 Å². The summed E-state index contributed by atoms with van der Waals surface area (Å²) in [5.74, 6) is -0.772. The highest BCUT2D eigenvalue weighted by Gasteiger charge is 2.38. The number of carbonyl (C=O) groups excluding carboxylic acids is 4. The van der Waals surface area contributed by atoms with Crippen LogP contribution in [0, 0.1) is 0 Å². The molecule has 15 heteroatoms. The number of hydrogen-bond acceptors (Lipinski definition) is 12. The first-order valence-corrected chi connectivity index (χ1v) is 22.6. The van der Waals surface area contributed by atoms with E-state index in [2.05, 4.69) is 17.9 Å². The molecule has 5 rings (SSSR count). The number of aliphatic hydroxyl groups excluding tert-OH is 1. The predicted octanol–water partition coefficient (Wildman–Crippen LogP) is 11.2. The second kappa shape index (κ2) is 25.9. The lowest BCUT2D eigenvalue weighted by molar-refractivity contribution is -0.150. The van der Waals surface area contributed by atoms with Crippen LogP contribution in [0.2, 0.25) is 0 Å². The zero-order chi connectivity index (χ0) is 49.9. The minimum atomic E-state index is -4.82. The Kier molecular flexibility index (Phi) is 19.8. The fourth-order valence-corrected chi connectivity index (χ4v) is 7.22. The highest BCUT2D eigenvalue weighted by Crippen LogP contribution is 2.47. The molecule has 4 aromatic carbocycles. The Morgan fingerprint density at radius 1 is 0.623 bits per heavy atom. The van der Waals surface area contributed by atoms with Gasteiger partial charge in [0, 0.05) is 29.2 Å². The van der Waals surface area contributed by atoms with Crippen molar-refractivity contribution in [2.45, 2.75) is 83.9 Å². The van der Waals surface area contributed by atoms with Crippen LogP contribution in [0.3, 0.4) is 0 Å². The second-order valence-corrected chi connectivity index (χ2v) is 16.2. The number of fused-ring (bicyclic) bond motifs is 3. The van der Waals surface area contributed by atoms with E-state index in [1.807, 2.05) is 37.3 Å². The minimum Gasteiger partial charge on any atom is -0.493 e. The Bertz CT molecular complexity index is 2540. The van der Waals surface area contributed by atoms with Crippen molar-refractivity contribution in [1.29, 1.82) is 0 Å². The van der Waals surface area contributed by atoms with Crippen LogP contribution in [0.25, 0.3) is 23.3 Å². The third-order valence-corrected chi connectivity index (χ3v) is 11.0. The molecule has 0 aromatic heterocycles. The van der Waals surface area contributed by atoms with Crippen molar-refractivity contribution in [1.82, 2.24) is 0 Å². The van der Waals surface area contributed by atoms with Crippen molar-refractivity contribution in [2.75, 3.05) is 33.5 Å². The van der Waals surface area contributed by atoms with Gasteiger partial charge in [0.05, 0.1) is 40.1 Å². The number of esters is 4. The van der Waals surface area contributed by atoms with Crippen molar-refractivity contribution in [2.24, 2.45) is 0 Å². The number of benzene rings is 4. The average molecular weight is 955 g/mol. The molecule has 1 N–H and O–H groups in total. The van der Waals surface area contributed by atoms with Gasteiger partial charge in [0.1, 0.15) is 22.8 Å². The summed E-state index contributed by atoms with van der Waals surface area (Å²) >= 11 is 0. The van der Waals surface area contributed by atoms with Crippen molar-refractivity contribution < 1.29 is 70.6 Å². The van der Waals surface area contributed by atoms with E-state index in [4.69, 9.17) is 28.4 Å². The molecular formula is C54H57F3O12. The lowest BCUT2D eigenvalue weighted by Crippen LogP contribution is -2.21. The molecule has 0 saturated carbocycles. The number of rotatable bonds is 26. The van der Waals surface area contributed by atoms with E-state index in [-0.39, 0.29) is 25.1 Å². The number of aliphatic hydroxyl groups is 1. The number of methoxy groups -OCH3 is 1. The molecule has 0 aliphatic heterocycles. The zero-order valence-corrected chi connectivity index (χ0v) is 39.0. The molecule has 0 fully saturated rings. The molecule has 1 aliphatic carbocycles. The Balaban J connectivity index is 1.05. The fourth-order valence-electron chi connectivity index (χ4n) is 7.22. The maximum absolute atomic E-state index is 12.9. The number of carbonyl (C=O) groups is 4. The maximum Gasteiger partial charge on any atom is 0.422 e. The first-order valence-electron chi connectivity index (χ1n) is 22.6. The Hall–Kier alpha value is -7.13. The summed E-state index contributed by atoms with van der Waals surface area (Å²) < 4.78 is 75.9. The van der Waals surface area contributed by atoms with Gasteiger partial charge in [0.15, 0.2) is 11.5 Å². The van der Waals surface area contributed by atoms with Crippen LogP contribution in [0.5, 0.6) is 28.7 Å². The van der Waals surface area contributed by atoms with Gasteiger partial charge < -0.3 is 38.3 Å². The Morgan fingerprint density at radius 3 is 1.59 bits per heavy atom. The topological polar surface area (TPSA) is 153 Å². The molecule has 0 bridgehead atoms. The van der Waals surface area contributed by atoms with E-state index in [1.165, 1.54) is 12.2 Å². The Labute approximate surface area is 400 Å². The van der Waals surface area contributed by atoms with E-state index in [1.54, 1.807) is 68.7 Å². The second-order valence-electron chi connectivity index (χ2n) is 16.2. The van der Waals surface area contributed by atoms with E-state index in [9.17, 15) is 37.5 Å². The first kappa shape index (κ1) is 52.8. The summed E-state index contributed by atoms with van der Waals surface area (Å²) in [6, 6.07) is 21.4. The third-order valence-electron chi connectivity index (χ3n) is 11.0. The lowest BCUT2D eigenvalue weighted by Gasteiger charge is -2.11. The predicted molar refractivity (Wildman–Crippen MR) is 254 cm³/mol. The normalized spacial score (nSPS) is 12.8. The van der Waals surface area contributed by atoms with Crippen LogP contribution in [0.15, 0.2) is 109 Å².